The van der Waals surface area contributed by atoms with Gasteiger partial charge in [-0.1, -0.05) is 0 Å². The van der Waals surface area contributed by atoms with E-state index in [-0.39, 0.29) is 18.7 Å². The average molecular weight is 388 g/mol. The molecule has 0 amide bonds. The van der Waals surface area contributed by atoms with Crippen LogP contribution in [0.15, 0.2) is 23.5 Å². The van der Waals surface area contributed by atoms with Crippen molar-refractivity contribution in [1.82, 2.24) is 19.3 Å². The van der Waals surface area contributed by atoms with Gasteiger partial charge in [-0.3, -0.25) is 14.0 Å². The van der Waals surface area contributed by atoms with Gasteiger partial charge in [0, 0.05) is 13.2 Å². The third-order valence-corrected chi connectivity index (χ3v) is 3.48. The second-order valence-electron chi connectivity index (χ2n) is 4.02. The van der Waals surface area contributed by atoms with Crippen LogP contribution < -0.4 is 5.56 Å². The summed E-state index contributed by atoms with van der Waals surface area (Å²) in [6.45, 7) is 2.24. The van der Waals surface area contributed by atoms with Crippen molar-refractivity contribution < 1.29 is 9.53 Å². The summed E-state index contributed by atoms with van der Waals surface area (Å²) in [5, 5.41) is 4.05. The van der Waals surface area contributed by atoms with E-state index in [0.717, 1.165) is 0 Å². The fourth-order valence-electron chi connectivity index (χ4n) is 1.73. The van der Waals surface area contributed by atoms with Crippen molar-refractivity contribution in [2.24, 2.45) is 7.05 Å². The predicted octanol–water partition coefficient (Wildman–Crippen LogP) is 0.806. The molecule has 2 rings (SSSR count). The number of hydrogen-bond donors (Lipinski definition) is 0. The molecule has 0 aliphatic rings. The number of aryl methyl sites for hydroxylation is 1. The highest BCUT2D eigenvalue weighted by Gasteiger charge is 2.18. The molecule has 0 radical (unpaired) electrons. The maximum absolute atomic E-state index is 12.0. The van der Waals surface area contributed by atoms with E-state index in [9.17, 15) is 9.59 Å². The second-order valence-corrected chi connectivity index (χ2v) is 5.19. The SMILES string of the molecule is CCOC(=O)c1cnn(C)c1Cn1cncc(I)c1=O. The van der Waals surface area contributed by atoms with E-state index in [1.165, 1.54) is 23.3 Å². The predicted molar refractivity (Wildman–Crippen MR) is 79.5 cm³/mol. The zero-order valence-corrected chi connectivity index (χ0v) is 13.2. The van der Waals surface area contributed by atoms with Crippen LogP contribution in [-0.4, -0.2) is 31.9 Å². The lowest BCUT2D eigenvalue weighted by atomic mass is 10.2. The summed E-state index contributed by atoms with van der Waals surface area (Å²) < 4.78 is 8.48. The van der Waals surface area contributed by atoms with E-state index >= 15 is 0 Å². The molecular formula is C12H13IN4O3. The first kappa shape index (κ1) is 14.7. The molecule has 0 unspecified atom stereocenters. The summed E-state index contributed by atoms with van der Waals surface area (Å²) in [5.74, 6) is -0.442. The maximum Gasteiger partial charge on any atom is 0.341 e. The number of nitrogens with zero attached hydrogens (tertiary/aromatic N) is 4. The summed E-state index contributed by atoms with van der Waals surface area (Å²) in [7, 11) is 1.71. The van der Waals surface area contributed by atoms with Crippen molar-refractivity contribution in [2.75, 3.05) is 6.61 Å². The Morgan fingerprint density at radius 3 is 2.90 bits per heavy atom. The fourth-order valence-corrected chi connectivity index (χ4v) is 2.20. The second kappa shape index (κ2) is 6.16. The number of hydrogen-bond acceptors (Lipinski definition) is 5. The van der Waals surface area contributed by atoms with Gasteiger partial charge in [-0.2, -0.15) is 5.10 Å². The number of esters is 1. The van der Waals surface area contributed by atoms with Crippen LogP contribution in [0.2, 0.25) is 0 Å². The first-order chi connectivity index (χ1) is 9.54. The van der Waals surface area contributed by atoms with Crippen molar-refractivity contribution in [3.8, 4) is 0 Å². The molecule has 2 aromatic rings. The Kier molecular flexibility index (Phi) is 4.53. The van der Waals surface area contributed by atoms with E-state index < -0.39 is 5.97 Å². The van der Waals surface area contributed by atoms with E-state index in [1.54, 1.807) is 18.7 Å². The van der Waals surface area contributed by atoms with Crippen LogP contribution in [0.25, 0.3) is 0 Å². The molecule has 20 heavy (non-hydrogen) atoms. The van der Waals surface area contributed by atoms with Crippen molar-refractivity contribution in [3.05, 3.63) is 43.9 Å². The number of rotatable bonds is 4. The summed E-state index contributed by atoms with van der Waals surface area (Å²) in [6, 6.07) is 0. The first-order valence-electron chi connectivity index (χ1n) is 5.92. The van der Waals surface area contributed by atoms with Crippen molar-refractivity contribution in [3.63, 3.8) is 0 Å². The monoisotopic (exact) mass is 388 g/mol. The van der Waals surface area contributed by atoms with Crippen molar-refractivity contribution in [2.45, 2.75) is 13.5 Å². The standard InChI is InChI=1S/C12H13IN4O3/c1-3-20-12(19)8-4-15-16(2)10(8)6-17-7-14-5-9(13)11(17)18/h4-5,7H,3,6H2,1-2H3. The molecule has 106 valence electrons. The Morgan fingerprint density at radius 1 is 1.45 bits per heavy atom. The van der Waals surface area contributed by atoms with Crippen LogP contribution in [0, 0.1) is 3.57 Å². The zero-order valence-electron chi connectivity index (χ0n) is 11.0. The smallest absolute Gasteiger partial charge is 0.341 e. The largest absolute Gasteiger partial charge is 0.462 e. The Balaban J connectivity index is 2.39. The number of ether oxygens (including phenoxy) is 1. The fraction of sp³-hybridized carbons (Fsp3) is 0.333. The Bertz CT molecular complexity index is 692. The summed E-state index contributed by atoms with van der Waals surface area (Å²) in [6.07, 6.45) is 4.38. The van der Waals surface area contributed by atoms with Crippen LogP contribution in [0.3, 0.4) is 0 Å². The molecule has 2 aromatic heterocycles. The number of halogens is 1. The number of carbonyl (C=O) groups excluding carboxylic acids is 1. The lowest BCUT2D eigenvalue weighted by Crippen LogP contribution is -2.25. The molecule has 0 atom stereocenters. The highest BCUT2D eigenvalue weighted by atomic mass is 127. The van der Waals surface area contributed by atoms with Gasteiger partial charge in [0.05, 0.1) is 34.9 Å². The molecular weight excluding hydrogens is 375 g/mol. The average Bonchev–Trinajstić information content (AvgIpc) is 2.77. The summed E-state index contributed by atoms with van der Waals surface area (Å²) in [5.41, 5.74) is 0.811. The molecule has 0 saturated carbocycles. The molecule has 2 heterocycles. The summed E-state index contributed by atoms with van der Waals surface area (Å²) >= 11 is 1.93. The molecule has 0 spiro atoms. The normalized spacial score (nSPS) is 10.6. The van der Waals surface area contributed by atoms with Crippen LogP contribution in [0.4, 0.5) is 0 Å². The highest BCUT2D eigenvalue weighted by Crippen LogP contribution is 2.10. The molecule has 0 aliphatic heterocycles. The maximum atomic E-state index is 12.0. The molecule has 7 nitrogen and oxygen atoms in total. The van der Waals surface area contributed by atoms with Crippen LogP contribution in [0.5, 0.6) is 0 Å². The van der Waals surface area contributed by atoms with E-state index in [4.69, 9.17) is 4.74 Å². The quantitative estimate of drug-likeness (QED) is 0.572. The van der Waals surface area contributed by atoms with Gasteiger partial charge in [0.2, 0.25) is 0 Å². The third kappa shape index (κ3) is 2.89. The Morgan fingerprint density at radius 2 is 2.20 bits per heavy atom. The van der Waals surface area contributed by atoms with Gasteiger partial charge < -0.3 is 4.74 Å². The minimum Gasteiger partial charge on any atom is -0.462 e. The van der Waals surface area contributed by atoms with Crippen LogP contribution in [-0.2, 0) is 18.3 Å². The van der Waals surface area contributed by atoms with Crippen molar-refractivity contribution in [1.29, 1.82) is 0 Å². The molecule has 0 bridgehead atoms. The van der Waals surface area contributed by atoms with Gasteiger partial charge in [0.15, 0.2) is 0 Å². The molecule has 0 saturated heterocycles. The van der Waals surface area contributed by atoms with Crippen LogP contribution >= 0.6 is 22.6 Å². The summed E-state index contributed by atoms with van der Waals surface area (Å²) in [4.78, 5) is 27.8. The zero-order chi connectivity index (χ0) is 14.7. The van der Waals surface area contributed by atoms with Gasteiger partial charge >= 0.3 is 5.97 Å². The van der Waals surface area contributed by atoms with E-state index in [2.05, 4.69) is 10.1 Å². The topological polar surface area (TPSA) is 79.0 Å². The van der Waals surface area contributed by atoms with Gasteiger partial charge in [-0.15, -0.1) is 0 Å². The first-order valence-corrected chi connectivity index (χ1v) is 7.00. The van der Waals surface area contributed by atoms with Crippen molar-refractivity contribution >= 4 is 28.6 Å². The molecule has 0 aliphatic carbocycles. The van der Waals surface area contributed by atoms with Crippen LogP contribution in [0.1, 0.15) is 23.0 Å². The van der Waals surface area contributed by atoms with Gasteiger partial charge in [0.25, 0.3) is 5.56 Å². The molecule has 0 fully saturated rings. The molecule has 0 aromatic carbocycles. The van der Waals surface area contributed by atoms with E-state index in [1.807, 2.05) is 22.6 Å². The molecule has 0 N–H and O–H groups in total. The Labute approximate surface area is 128 Å². The van der Waals surface area contributed by atoms with Gasteiger partial charge in [-0.25, -0.2) is 9.78 Å². The Hall–Kier alpha value is -1.71. The van der Waals surface area contributed by atoms with Gasteiger partial charge in [0.1, 0.15) is 5.56 Å². The van der Waals surface area contributed by atoms with Gasteiger partial charge in [-0.05, 0) is 29.5 Å². The lowest BCUT2D eigenvalue weighted by molar-refractivity contribution is 0.0524. The molecule has 8 heteroatoms. The minimum absolute atomic E-state index is 0.156. The highest BCUT2D eigenvalue weighted by molar-refractivity contribution is 14.1. The minimum atomic E-state index is -0.442. The number of carbonyl (C=O) groups is 1. The van der Waals surface area contributed by atoms with E-state index in [0.29, 0.717) is 14.8 Å². The number of aromatic nitrogens is 4. The lowest BCUT2D eigenvalue weighted by Gasteiger charge is -2.08. The third-order valence-electron chi connectivity index (χ3n) is 2.74.